The Hall–Kier alpha value is -2.15. The second-order valence-corrected chi connectivity index (χ2v) is 7.93. The van der Waals surface area contributed by atoms with E-state index in [9.17, 15) is 9.59 Å². The SMILES string of the molecule is CCN[C@@H](C)C1CCN(c2c(F)cc3c(=O)[nH]c(=O)n(C4CC4)c3c2C)C1. The summed E-state index contributed by atoms with van der Waals surface area (Å²) in [5.41, 5.74) is 0.909. The summed E-state index contributed by atoms with van der Waals surface area (Å²) in [4.78, 5) is 29.1. The van der Waals surface area contributed by atoms with Crippen molar-refractivity contribution in [2.24, 2.45) is 5.92 Å². The quantitative estimate of drug-likeness (QED) is 0.843. The predicted octanol–water partition coefficient (Wildman–Crippen LogP) is 2.30. The normalized spacial score (nSPS) is 21.2. The first kappa shape index (κ1) is 18.2. The number of H-pyrrole nitrogens is 1. The van der Waals surface area contributed by atoms with Gasteiger partial charge in [0, 0.05) is 30.7 Å². The maximum atomic E-state index is 15.0. The van der Waals surface area contributed by atoms with E-state index >= 15 is 4.39 Å². The molecular formula is C20H27FN4O2. The lowest BCUT2D eigenvalue weighted by Crippen LogP contribution is -2.35. The van der Waals surface area contributed by atoms with Gasteiger partial charge in [-0.2, -0.15) is 0 Å². The van der Waals surface area contributed by atoms with Crippen LogP contribution in [0.25, 0.3) is 10.9 Å². The Bertz CT molecular complexity index is 992. The van der Waals surface area contributed by atoms with E-state index < -0.39 is 11.2 Å². The largest absolute Gasteiger partial charge is 0.369 e. The molecule has 2 heterocycles. The number of fused-ring (bicyclic) bond motifs is 1. The maximum Gasteiger partial charge on any atom is 0.329 e. The van der Waals surface area contributed by atoms with Gasteiger partial charge in [0.15, 0.2) is 0 Å². The van der Waals surface area contributed by atoms with Crippen LogP contribution in [-0.4, -0.2) is 35.2 Å². The number of anilines is 1. The summed E-state index contributed by atoms with van der Waals surface area (Å²) in [5.74, 6) is 0.0625. The van der Waals surface area contributed by atoms with Crippen molar-refractivity contribution in [3.8, 4) is 0 Å². The number of hydrogen-bond donors (Lipinski definition) is 2. The van der Waals surface area contributed by atoms with Gasteiger partial charge in [-0.1, -0.05) is 6.92 Å². The lowest BCUT2D eigenvalue weighted by atomic mass is 10.0. The number of aromatic nitrogens is 2. The van der Waals surface area contributed by atoms with E-state index in [0.717, 1.165) is 38.9 Å². The molecule has 0 amide bonds. The molecule has 1 saturated heterocycles. The molecule has 1 unspecified atom stereocenters. The number of rotatable bonds is 5. The van der Waals surface area contributed by atoms with Gasteiger partial charge in [-0.25, -0.2) is 9.18 Å². The zero-order valence-electron chi connectivity index (χ0n) is 16.1. The second kappa shape index (κ2) is 6.78. The molecule has 0 radical (unpaired) electrons. The van der Waals surface area contributed by atoms with Crippen LogP contribution >= 0.6 is 0 Å². The summed E-state index contributed by atoms with van der Waals surface area (Å²) >= 11 is 0. The third-order valence-corrected chi connectivity index (χ3v) is 6.07. The monoisotopic (exact) mass is 374 g/mol. The zero-order chi connectivity index (χ0) is 19.3. The van der Waals surface area contributed by atoms with Gasteiger partial charge in [-0.05, 0) is 51.6 Å². The number of nitrogens with zero attached hydrogens (tertiary/aromatic N) is 2. The Morgan fingerprint density at radius 2 is 2.07 bits per heavy atom. The van der Waals surface area contributed by atoms with Gasteiger partial charge < -0.3 is 10.2 Å². The summed E-state index contributed by atoms with van der Waals surface area (Å²) in [6.45, 7) is 8.56. The van der Waals surface area contributed by atoms with Crippen molar-refractivity contribution in [3.63, 3.8) is 0 Å². The average Bonchev–Trinajstić information content (AvgIpc) is 3.33. The minimum Gasteiger partial charge on any atom is -0.369 e. The van der Waals surface area contributed by atoms with E-state index in [2.05, 4.69) is 29.0 Å². The highest BCUT2D eigenvalue weighted by Crippen LogP contribution is 2.39. The molecule has 2 N–H and O–H groups in total. The minimum atomic E-state index is -0.513. The highest BCUT2D eigenvalue weighted by molar-refractivity contribution is 5.87. The van der Waals surface area contributed by atoms with Gasteiger partial charge in [-0.3, -0.25) is 14.3 Å². The number of aromatic amines is 1. The molecule has 1 aromatic heterocycles. The maximum absolute atomic E-state index is 15.0. The highest BCUT2D eigenvalue weighted by Gasteiger charge is 2.32. The van der Waals surface area contributed by atoms with Crippen LogP contribution in [0.15, 0.2) is 15.7 Å². The molecule has 0 spiro atoms. The highest BCUT2D eigenvalue weighted by atomic mass is 19.1. The van der Waals surface area contributed by atoms with Crippen LogP contribution in [0.1, 0.15) is 44.7 Å². The number of halogens is 1. The van der Waals surface area contributed by atoms with Crippen LogP contribution in [0, 0.1) is 18.7 Å². The van der Waals surface area contributed by atoms with E-state index in [-0.39, 0.29) is 17.2 Å². The topological polar surface area (TPSA) is 70.1 Å². The lowest BCUT2D eigenvalue weighted by Gasteiger charge is -2.25. The Morgan fingerprint density at radius 1 is 1.33 bits per heavy atom. The smallest absolute Gasteiger partial charge is 0.329 e. The van der Waals surface area contributed by atoms with Crippen molar-refractivity contribution in [1.29, 1.82) is 0 Å². The molecule has 27 heavy (non-hydrogen) atoms. The molecule has 1 aromatic carbocycles. The summed E-state index contributed by atoms with van der Waals surface area (Å²) in [6.07, 6.45) is 2.83. The number of benzene rings is 1. The fourth-order valence-corrected chi connectivity index (χ4v) is 4.52. The summed E-state index contributed by atoms with van der Waals surface area (Å²) in [5, 5.41) is 3.72. The fourth-order valence-electron chi connectivity index (χ4n) is 4.52. The van der Waals surface area contributed by atoms with E-state index in [1.54, 1.807) is 4.57 Å². The molecule has 146 valence electrons. The van der Waals surface area contributed by atoms with Gasteiger partial charge in [0.05, 0.1) is 16.6 Å². The predicted molar refractivity (Wildman–Crippen MR) is 105 cm³/mol. The third kappa shape index (κ3) is 3.08. The fraction of sp³-hybridized carbons (Fsp3) is 0.600. The van der Waals surface area contributed by atoms with Crippen molar-refractivity contribution in [2.75, 3.05) is 24.5 Å². The van der Waals surface area contributed by atoms with Gasteiger partial charge in [0.1, 0.15) is 5.82 Å². The van der Waals surface area contributed by atoms with E-state index in [0.29, 0.717) is 28.7 Å². The first-order chi connectivity index (χ1) is 12.9. The summed E-state index contributed by atoms with van der Waals surface area (Å²) < 4.78 is 16.7. The molecule has 2 aromatic rings. The van der Waals surface area contributed by atoms with E-state index in [1.807, 2.05) is 6.92 Å². The molecule has 1 aliphatic heterocycles. The van der Waals surface area contributed by atoms with Crippen LogP contribution in [0.5, 0.6) is 0 Å². The van der Waals surface area contributed by atoms with Gasteiger partial charge in [0.25, 0.3) is 5.56 Å². The second-order valence-electron chi connectivity index (χ2n) is 7.93. The number of nitrogens with one attached hydrogen (secondary N) is 2. The molecule has 2 atom stereocenters. The molecule has 0 bridgehead atoms. The Balaban J connectivity index is 1.82. The van der Waals surface area contributed by atoms with Crippen molar-refractivity contribution in [3.05, 3.63) is 38.3 Å². The van der Waals surface area contributed by atoms with Crippen LogP contribution in [0.2, 0.25) is 0 Å². The van der Waals surface area contributed by atoms with Gasteiger partial charge in [-0.15, -0.1) is 0 Å². The molecule has 6 nitrogen and oxygen atoms in total. The van der Waals surface area contributed by atoms with Crippen molar-refractivity contribution in [2.45, 2.75) is 52.1 Å². The molecule has 4 rings (SSSR count). The van der Waals surface area contributed by atoms with Crippen LogP contribution < -0.4 is 21.5 Å². The number of hydrogen-bond acceptors (Lipinski definition) is 4. The molecule has 2 aliphatic rings. The van der Waals surface area contributed by atoms with Crippen LogP contribution in [0.3, 0.4) is 0 Å². The molecular weight excluding hydrogens is 347 g/mol. The van der Waals surface area contributed by atoms with Crippen molar-refractivity contribution >= 4 is 16.6 Å². The minimum absolute atomic E-state index is 0.106. The third-order valence-electron chi connectivity index (χ3n) is 6.07. The molecule has 1 saturated carbocycles. The Kier molecular flexibility index (Phi) is 4.58. The van der Waals surface area contributed by atoms with Crippen molar-refractivity contribution in [1.82, 2.24) is 14.9 Å². The zero-order valence-corrected chi connectivity index (χ0v) is 16.1. The van der Waals surface area contributed by atoms with Crippen LogP contribution in [-0.2, 0) is 0 Å². The first-order valence-corrected chi connectivity index (χ1v) is 9.88. The number of aryl methyl sites for hydroxylation is 1. The standard InChI is InChI=1S/C20H27FN4O2/c1-4-22-12(3)13-7-8-24(10-13)18-11(2)17-15(9-16(18)21)19(26)23-20(27)25(17)14-5-6-14/h9,12-14,22H,4-8,10H2,1-3H3,(H,23,26,27)/t12-,13?/m0/s1. The molecule has 1 aliphatic carbocycles. The lowest BCUT2D eigenvalue weighted by molar-refractivity contribution is 0.410. The Labute approximate surface area is 157 Å². The van der Waals surface area contributed by atoms with E-state index in [4.69, 9.17) is 0 Å². The van der Waals surface area contributed by atoms with Crippen molar-refractivity contribution < 1.29 is 4.39 Å². The summed E-state index contributed by atoms with van der Waals surface area (Å²) in [6, 6.07) is 1.78. The van der Waals surface area contributed by atoms with Crippen LogP contribution in [0.4, 0.5) is 10.1 Å². The first-order valence-electron chi connectivity index (χ1n) is 9.88. The van der Waals surface area contributed by atoms with E-state index in [1.165, 1.54) is 6.07 Å². The average molecular weight is 374 g/mol. The molecule has 7 heteroatoms. The summed E-state index contributed by atoms with van der Waals surface area (Å²) in [7, 11) is 0. The Morgan fingerprint density at radius 3 is 2.74 bits per heavy atom. The molecule has 2 fully saturated rings. The van der Waals surface area contributed by atoms with Gasteiger partial charge >= 0.3 is 5.69 Å². The van der Waals surface area contributed by atoms with Gasteiger partial charge in [0.2, 0.25) is 0 Å².